The van der Waals surface area contributed by atoms with Crippen molar-refractivity contribution in [2.45, 2.75) is 32.9 Å². The van der Waals surface area contributed by atoms with Crippen LogP contribution in [0.5, 0.6) is 0 Å². The van der Waals surface area contributed by atoms with Crippen LogP contribution < -0.4 is 5.32 Å². The van der Waals surface area contributed by atoms with Crippen LogP contribution >= 0.6 is 0 Å². The molecular formula is C12H24N2O. The number of hydrogen-bond acceptors (Lipinski definition) is 3. The van der Waals surface area contributed by atoms with E-state index in [1.54, 1.807) is 0 Å². The van der Waals surface area contributed by atoms with Gasteiger partial charge in [0.05, 0.1) is 12.7 Å². The molecule has 0 aliphatic carbocycles. The van der Waals surface area contributed by atoms with Gasteiger partial charge in [0, 0.05) is 32.2 Å². The zero-order valence-electron chi connectivity index (χ0n) is 10.2. The summed E-state index contributed by atoms with van der Waals surface area (Å²) in [5.41, 5.74) is 0. The number of likely N-dealkylation sites (tertiary alicyclic amines) is 1. The highest BCUT2D eigenvalue weighted by Crippen LogP contribution is 2.25. The summed E-state index contributed by atoms with van der Waals surface area (Å²) in [5.74, 6) is 1.67. The van der Waals surface area contributed by atoms with Gasteiger partial charge >= 0.3 is 0 Å². The van der Waals surface area contributed by atoms with Gasteiger partial charge < -0.3 is 10.1 Å². The van der Waals surface area contributed by atoms with Crippen molar-refractivity contribution in [2.75, 3.05) is 32.8 Å². The van der Waals surface area contributed by atoms with Crippen LogP contribution in [0.15, 0.2) is 0 Å². The summed E-state index contributed by atoms with van der Waals surface area (Å²) in [6.45, 7) is 12.4. The highest BCUT2D eigenvalue weighted by Gasteiger charge is 2.33. The molecule has 2 saturated heterocycles. The third-order valence-electron chi connectivity index (χ3n) is 4.09. The second kappa shape index (κ2) is 4.81. The topological polar surface area (TPSA) is 24.5 Å². The van der Waals surface area contributed by atoms with Gasteiger partial charge in [-0.05, 0) is 18.8 Å². The molecule has 0 bridgehead atoms. The largest absolute Gasteiger partial charge is 0.374 e. The number of nitrogens with zero attached hydrogens (tertiary/aromatic N) is 1. The van der Waals surface area contributed by atoms with E-state index in [-0.39, 0.29) is 0 Å². The van der Waals surface area contributed by atoms with Gasteiger partial charge in [0.25, 0.3) is 0 Å². The van der Waals surface area contributed by atoms with Crippen LogP contribution in [0, 0.1) is 11.8 Å². The first kappa shape index (κ1) is 11.4. The summed E-state index contributed by atoms with van der Waals surface area (Å²) in [6.07, 6.45) is 0.385. The fraction of sp³-hybridized carbons (Fsp3) is 1.00. The minimum absolute atomic E-state index is 0.385. The molecule has 0 spiro atoms. The summed E-state index contributed by atoms with van der Waals surface area (Å²) in [5, 5.41) is 3.41. The lowest BCUT2D eigenvalue weighted by molar-refractivity contribution is -0.0217. The zero-order chi connectivity index (χ0) is 10.8. The number of ether oxygens (including phenoxy) is 1. The molecule has 2 fully saturated rings. The van der Waals surface area contributed by atoms with E-state index in [4.69, 9.17) is 4.74 Å². The first-order valence-corrected chi connectivity index (χ1v) is 6.25. The predicted octanol–water partition coefficient (Wildman–Crippen LogP) is 0.951. The third-order valence-corrected chi connectivity index (χ3v) is 4.09. The third kappa shape index (κ3) is 2.52. The quantitative estimate of drug-likeness (QED) is 0.737. The summed E-state index contributed by atoms with van der Waals surface area (Å²) in [7, 11) is 0. The normalized spacial score (nSPS) is 40.6. The molecule has 2 rings (SSSR count). The molecule has 0 saturated carbocycles. The molecule has 0 radical (unpaired) electrons. The molecule has 3 heteroatoms. The van der Waals surface area contributed by atoms with Crippen molar-refractivity contribution in [1.29, 1.82) is 0 Å². The van der Waals surface area contributed by atoms with Gasteiger partial charge in [-0.3, -0.25) is 4.90 Å². The molecule has 15 heavy (non-hydrogen) atoms. The lowest BCUT2D eigenvalue weighted by atomic mass is 10.0. The number of nitrogens with one attached hydrogen (secondary N) is 1. The van der Waals surface area contributed by atoms with Crippen LogP contribution in [0.2, 0.25) is 0 Å². The highest BCUT2D eigenvalue weighted by atomic mass is 16.5. The maximum atomic E-state index is 5.82. The number of morpholine rings is 1. The molecule has 0 aromatic rings. The van der Waals surface area contributed by atoms with E-state index in [0.29, 0.717) is 12.1 Å². The average molecular weight is 212 g/mol. The first-order valence-electron chi connectivity index (χ1n) is 6.25. The Hall–Kier alpha value is -0.120. The van der Waals surface area contributed by atoms with Gasteiger partial charge in [0.2, 0.25) is 0 Å². The smallest absolute Gasteiger partial charge is 0.0852 e. The Morgan fingerprint density at radius 1 is 1.27 bits per heavy atom. The fourth-order valence-electron chi connectivity index (χ4n) is 2.64. The van der Waals surface area contributed by atoms with Crippen molar-refractivity contribution < 1.29 is 4.74 Å². The second-order valence-corrected chi connectivity index (χ2v) is 5.26. The molecule has 1 N–H and O–H groups in total. The highest BCUT2D eigenvalue weighted by molar-refractivity contribution is 4.87. The Morgan fingerprint density at radius 3 is 2.47 bits per heavy atom. The van der Waals surface area contributed by atoms with E-state index in [9.17, 15) is 0 Å². The zero-order valence-corrected chi connectivity index (χ0v) is 10.2. The van der Waals surface area contributed by atoms with Crippen LogP contribution in [-0.2, 0) is 4.74 Å². The molecule has 0 aromatic heterocycles. The van der Waals surface area contributed by atoms with Crippen LogP contribution in [0.4, 0.5) is 0 Å². The van der Waals surface area contributed by atoms with E-state index < -0.39 is 0 Å². The average Bonchev–Trinajstić information content (AvgIpc) is 2.59. The molecule has 3 nitrogen and oxygen atoms in total. The van der Waals surface area contributed by atoms with Gasteiger partial charge in [0.1, 0.15) is 0 Å². The molecule has 2 heterocycles. The van der Waals surface area contributed by atoms with Crippen LogP contribution in [-0.4, -0.2) is 49.8 Å². The van der Waals surface area contributed by atoms with E-state index in [1.807, 2.05) is 0 Å². The van der Waals surface area contributed by atoms with Crippen LogP contribution in [0.1, 0.15) is 20.8 Å². The molecule has 4 atom stereocenters. The first-order chi connectivity index (χ1) is 7.18. The van der Waals surface area contributed by atoms with E-state index in [1.165, 1.54) is 13.1 Å². The lowest BCUT2D eigenvalue weighted by Gasteiger charge is -2.34. The molecule has 2 aliphatic rings. The standard InChI is InChI=1S/C12H24N2O/c1-9-7-14(8-10(9)2)11(3)12-6-13-4-5-15-12/h9-13H,4-8H2,1-3H3. The maximum Gasteiger partial charge on any atom is 0.0852 e. The minimum Gasteiger partial charge on any atom is -0.374 e. The Kier molecular flexibility index (Phi) is 3.65. The molecule has 0 amide bonds. The molecule has 2 aliphatic heterocycles. The molecular weight excluding hydrogens is 188 g/mol. The summed E-state index contributed by atoms with van der Waals surface area (Å²) < 4.78 is 5.82. The Labute approximate surface area is 93.2 Å². The summed E-state index contributed by atoms with van der Waals surface area (Å²) >= 11 is 0. The van der Waals surface area contributed by atoms with E-state index >= 15 is 0 Å². The van der Waals surface area contributed by atoms with Crippen molar-refractivity contribution in [3.05, 3.63) is 0 Å². The van der Waals surface area contributed by atoms with Gasteiger partial charge in [-0.1, -0.05) is 13.8 Å². The van der Waals surface area contributed by atoms with Crippen LogP contribution in [0.3, 0.4) is 0 Å². The van der Waals surface area contributed by atoms with Crippen molar-refractivity contribution in [3.63, 3.8) is 0 Å². The van der Waals surface area contributed by atoms with Crippen LogP contribution in [0.25, 0.3) is 0 Å². The summed E-state index contributed by atoms with van der Waals surface area (Å²) in [4.78, 5) is 2.59. The van der Waals surface area contributed by atoms with E-state index in [0.717, 1.165) is 31.5 Å². The summed E-state index contributed by atoms with van der Waals surface area (Å²) in [6, 6.07) is 0.560. The monoisotopic (exact) mass is 212 g/mol. The Balaban J connectivity index is 1.87. The van der Waals surface area contributed by atoms with E-state index in [2.05, 4.69) is 31.0 Å². The fourth-order valence-corrected chi connectivity index (χ4v) is 2.64. The van der Waals surface area contributed by atoms with Crippen molar-refractivity contribution in [3.8, 4) is 0 Å². The maximum absolute atomic E-state index is 5.82. The predicted molar refractivity (Wildman–Crippen MR) is 62.0 cm³/mol. The van der Waals surface area contributed by atoms with Gasteiger partial charge in [0.15, 0.2) is 0 Å². The number of rotatable bonds is 2. The molecule has 88 valence electrons. The molecule has 4 unspecified atom stereocenters. The van der Waals surface area contributed by atoms with Gasteiger partial charge in [-0.15, -0.1) is 0 Å². The van der Waals surface area contributed by atoms with Crippen molar-refractivity contribution in [1.82, 2.24) is 10.2 Å². The lowest BCUT2D eigenvalue weighted by Crippen LogP contribution is -2.50. The Bertz CT molecular complexity index is 194. The Morgan fingerprint density at radius 2 is 1.93 bits per heavy atom. The SMILES string of the molecule is CC1CN(C(C)C2CNCCO2)CC1C. The van der Waals surface area contributed by atoms with Crippen molar-refractivity contribution in [2.24, 2.45) is 11.8 Å². The second-order valence-electron chi connectivity index (χ2n) is 5.26. The van der Waals surface area contributed by atoms with Gasteiger partial charge in [-0.2, -0.15) is 0 Å². The van der Waals surface area contributed by atoms with Crippen molar-refractivity contribution >= 4 is 0 Å². The number of hydrogen-bond donors (Lipinski definition) is 1. The minimum atomic E-state index is 0.385. The van der Waals surface area contributed by atoms with Gasteiger partial charge in [-0.25, -0.2) is 0 Å². The molecule has 0 aromatic carbocycles.